The van der Waals surface area contributed by atoms with Crippen LogP contribution in [0, 0.1) is 0 Å². The molecule has 0 saturated carbocycles. The number of nitrogens with zero attached hydrogens (tertiary/aromatic N) is 1. The lowest BCUT2D eigenvalue weighted by atomic mass is 10.1. The average molecular weight is 288 g/mol. The highest BCUT2D eigenvalue weighted by Gasteiger charge is 2.27. The largest absolute Gasteiger partial charge is 0.377 e. The van der Waals surface area contributed by atoms with Gasteiger partial charge in [-0.25, -0.2) is 4.39 Å². The van der Waals surface area contributed by atoms with Gasteiger partial charge in [0.2, 0.25) is 0 Å². The van der Waals surface area contributed by atoms with Gasteiger partial charge < -0.3 is 19.3 Å². The van der Waals surface area contributed by atoms with E-state index in [1.165, 1.54) is 14.0 Å². The van der Waals surface area contributed by atoms with Gasteiger partial charge in [-0.1, -0.05) is 5.16 Å². The summed E-state index contributed by atoms with van der Waals surface area (Å²) in [7, 11) is 3.00. The molecular formula is C13H21FN2O4. The fourth-order valence-electron chi connectivity index (χ4n) is 1.59. The number of alkyl halides is 1. The lowest BCUT2D eigenvalue weighted by Crippen LogP contribution is -2.40. The van der Waals surface area contributed by atoms with E-state index in [9.17, 15) is 9.18 Å². The van der Waals surface area contributed by atoms with Crippen molar-refractivity contribution in [1.29, 1.82) is 0 Å². The van der Waals surface area contributed by atoms with Gasteiger partial charge in [-0.3, -0.25) is 4.79 Å². The summed E-state index contributed by atoms with van der Waals surface area (Å²) in [5.41, 5.74) is -0.450. The molecular weight excluding hydrogens is 267 g/mol. The third kappa shape index (κ3) is 4.01. The summed E-state index contributed by atoms with van der Waals surface area (Å²) >= 11 is 0. The number of carbonyl (C=O) groups is 1. The number of ether oxygens (including phenoxy) is 2. The molecule has 0 bridgehead atoms. The van der Waals surface area contributed by atoms with Gasteiger partial charge >= 0.3 is 0 Å². The molecule has 1 aromatic heterocycles. The first-order chi connectivity index (χ1) is 9.32. The minimum Gasteiger partial charge on any atom is -0.377 e. The van der Waals surface area contributed by atoms with Crippen molar-refractivity contribution < 1.29 is 23.2 Å². The van der Waals surface area contributed by atoms with Gasteiger partial charge in [0.15, 0.2) is 11.5 Å². The van der Waals surface area contributed by atoms with Crippen LogP contribution in [0.3, 0.4) is 0 Å². The number of halogens is 1. The normalized spacial score (nSPS) is 13.3. The Morgan fingerprint density at radius 2 is 2.15 bits per heavy atom. The van der Waals surface area contributed by atoms with Crippen molar-refractivity contribution in [2.45, 2.75) is 39.2 Å². The van der Waals surface area contributed by atoms with Crippen LogP contribution in [0.1, 0.15) is 48.8 Å². The molecule has 0 aliphatic heterocycles. The molecule has 0 fully saturated rings. The van der Waals surface area contributed by atoms with Crippen LogP contribution in [0.2, 0.25) is 0 Å². The second-order valence-corrected chi connectivity index (χ2v) is 5.06. The zero-order valence-electron chi connectivity index (χ0n) is 12.4. The van der Waals surface area contributed by atoms with Crippen LogP contribution in [-0.4, -0.2) is 37.4 Å². The molecule has 6 nitrogen and oxygen atoms in total. The molecule has 1 atom stereocenters. The number of aromatic nitrogens is 1. The molecule has 0 aromatic carbocycles. The van der Waals surface area contributed by atoms with Gasteiger partial charge in [0.05, 0.1) is 11.2 Å². The summed E-state index contributed by atoms with van der Waals surface area (Å²) in [5, 5.41) is 6.28. The molecule has 0 saturated heterocycles. The number of methoxy groups -OCH3 is 2. The Labute approximate surface area is 117 Å². The number of hydrogen-bond donors (Lipinski definition) is 1. The average Bonchev–Trinajstić information content (AvgIpc) is 2.80. The molecule has 1 unspecified atom stereocenters. The number of hydrogen-bond acceptors (Lipinski definition) is 5. The topological polar surface area (TPSA) is 73.6 Å². The third-order valence-corrected chi connectivity index (χ3v) is 2.92. The van der Waals surface area contributed by atoms with Crippen molar-refractivity contribution in [1.82, 2.24) is 10.5 Å². The maximum absolute atomic E-state index is 13.7. The molecule has 7 heteroatoms. The van der Waals surface area contributed by atoms with Crippen LogP contribution in [0.4, 0.5) is 4.39 Å². The Balaban J connectivity index is 2.88. The summed E-state index contributed by atoms with van der Waals surface area (Å²) in [6.07, 6.45) is -1.37. The Bertz CT molecular complexity index is 457. The zero-order valence-corrected chi connectivity index (χ0v) is 12.4. The Morgan fingerprint density at radius 3 is 2.65 bits per heavy atom. The number of nitrogens with one attached hydrogen (secondary N) is 1. The van der Waals surface area contributed by atoms with Gasteiger partial charge in [0.1, 0.15) is 12.8 Å². The van der Waals surface area contributed by atoms with Crippen molar-refractivity contribution in [3.05, 3.63) is 17.0 Å². The highest BCUT2D eigenvalue weighted by atomic mass is 19.1. The first-order valence-electron chi connectivity index (χ1n) is 6.27. The van der Waals surface area contributed by atoms with Crippen molar-refractivity contribution in [2.75, 3.05) is 20.8 Å². The van der Waals surface area contributed by atoms with Crippen molar-refractivity contribution in [3.8, 4) is 0 Å². The van der Waals surface area contributed by atoms with Crippen molar-refractivity contribution in [2.24, 2.45) is 0 Å². The quantitative estimate of drug-likeness (QED) is 0.830. The van der Waals surface area contributed by atoms with E-state index in [-0.39, 0.29) is 30.2 Å². The number of carbonyl (C=O) groups excluding carboxylic acids is 1. The minimum atomic E-state index is -1.37. The molecule has 1 rings (SSSR count). The first-order valence-corrected chi connectivity index (χ1v) is 6.27. The number of amides is 1. The first kappa shape index (κ1) is 16.6. The highest BCUT2D eigenvalue weighted by Crippen LogP contribution is 2.25. The maximum atomic E-state index is 13.7. The Morgan fingerprint density at radius 1 is 1.50 bits per heavy atom. The van der Waals surface area contributed by atoms with E-state index in [0.29, 0.717) is 0 Å². The smallest absolute Gasteiger partial charge is 0.273 e. The molecule has 114 valence electrons. The van der Waals surface area contributed by atoms with Crippen LogP contribution in [0.25, 0.3) is 0 Å². The van der Waals surface area contributed by atoms with Gasteiger partial charge in [-0.2, -0.15) is 0 Å². The van der Waals surface area contributed by atoms with E-state index >= 15 is 0 Å². The minimum absolute atomic E-state index is 0.0565. The van der Waals surface area contributed by atoms with Gasteiger partial charge in [0, 0.05) is 20.8 Å². The fourth-order valence-corrected chi connectivity index (χ4v) is 1.59. The maximum Gasteiger partial charge on any atom is 0.273 e. The molecule has 1 aromatic rings. The van der Waals surface area contributed by atoms with E-state index < -0.39 is 17.7 Å². The summed E-state index contributed by atoms with van der Waals surface area (Å²) in [6.45, 7) is 5.31. The van der Waals surface area contributed by atoms with Crippen molar-refractivity contribution >= 4 is 5.91 Å². The highest BCUT2D eigenvalue weighted by molar-refractivity contribution is 5.94. The van der Waals surface area contributed by atoms with Crippen molar-refractivity contribution in [3.63, 3.8) is 0 Å². The van der Waals surface area contributed by atoms with E-state index in [1.807, 2.05) is 13.8 Å². The lowest BCUT2D eigenvalue weighted by molar-refractivity contribution is 0.0227. The predicted octanol–water partition coefficient (Wildman–Crippen LogP) is 2.01. The second kappa shape index (κ2) is 6.81. The van der Waals surface area contributed by atoms with E-state index in [1.54, 1.807) is 7.11 Å². The molecule has 0 aliphatic carbocycles. The number of rotatable bonds is 7. The molecule has 0 radical (unpaired) electrons. The van der Waals surface area contributed by atoms with Crippen LogP contribution in [-0.2, 0) is 16.1 Å². The van der Waals surface area contributed by atoms with Crippen LogP contribution in [0.15, 0.2) is 4.52 Å². The van der Waals surface area contributed by atoms with Crippen LogP contribution < -0.4 is 5.32 Å². The summed E-state index contributed by atoms with van der Waals surface area (Å²) < 4.78 is 28.7. The third-order valence-electron chi connectivity index (χ3n) is 2.92. The molecule has 0 spiro atoms. The lowest BCUT2D eigenvalue weighted by Gasteiger charge is -2.22. The molecule has 20 heavy (non-hydrogen) atoms. The molecule has 1 heterocycles. The summed E-state index contributed by atoms with van der Waals surface area (Å²) in [5.74, 6) is -0.278. The van der Waals surface area contributed by atoms with E-state index in [2.05, 4.69) is 10.5 Å². The summed E-state index contributed by atoms with van der Waals surface area (Å²) in [6, 6.07) is 0. The second-order valence-electron chi connectivity index (χ2n) is 5.06. The fraction of sp³-hybridized carbons (Fsp3) is 0.692. The SMILES string of the molecule is COCc1onc(C(=O)NCC(C)(C)OC)c1C(C)F. The standard InChI is InChI=1S/C13H21FN2O4/c1-8(14)10-9(6-18-4)20-16-11(10)12(17)15-7-13(2,3)19-5/h8H,6-7H2,1-5H3,(H,15,17). The summed E-state index contributed by atoms with van der Waals surface area (Å²) in [4.78, 5) is 12.1. The molecule has 1 N–H and O–H groups in total. The molecule has 1 amide bonds. The van der Waals surface area contributed by atoms with Crippen LogP contribution >= 0.6 is 0 Å². The van der Waals surface area contributed by atoms with Gasteiger partial charge in [0.25, 0.3) is 5.91 Å². The van der Waals surface area contributed by atoms with Gasteiger partial charge in [-0.15, -0.1) is 0 Å². The monoisotopic (exact) mass is 288 g/mol. The van der Waals surface area contributed by atoms with E-state index in [0.717, 1.165) is 0 Å². The van der Waals surface area contributed by atoms with Gasteiger partial charge in [-0.05, 0) is 20.8 Å². The van der Waals surface area contributed by atoms with E-state index in [4.69, 9.17) is 14.0 Å². The van der Waals surface area contributed by atoms with Crippen LogP contribution in [0.5, 0.6) is 0 Å². The zero-order chi connectivity index (χ0) is 15.3. The Kier molecular flexibility index (Phi) is 5.64. The Hall–Kier alpha value is -1.47. The molecule has 0 aliphatic rings. The predicted molar refractivity (Wildman–Crippen MR) is 70.2 cm³/mol.